The number of rotatable bonds is 2. The van der Waals surface area contributed by atoms with E-state index in [1.807, 2.05) is 18.2 Å². The summed E-state index contributed by atoms with van der Waals surface area (Å²) in [4.78, 5) is 7.10. The largest absolute Gasteiger partial charge is 0.497 e. The number of pyridine rings is 1. The molecule has 0 N–H and O–H groups in total. The number of nitrogens with zero attached hydrogens (tertiary/aromatic N) is 2. The predicted molar refractivity (Wildman–Crippen MR) is 77.9 cm³/mol. The lowest BCUT2D eigenvalue weighted by molar-refractivity contribution is 0.309. The summed E-state index contributed by atoms with van der Waals surface area (Å²) in [6.07, 6.45) is 0.998. The van der Waals surface area contributed by atoms with E-state index in [9.17, 15) is 0 Å². The van der Waals surface area contributed by atoms with Gasteiger partial charge in [-0.25, -0.2) is 0 Å². The Morgan fingerprint density at radius 2 is 2.26 bits per heavy atom. The fourth-order valence-electron chi connectivity index (χ4n) is 2.72. The SMILES string of the molecule is COc1ccc2nc3c(c(CCl)c2c1)CN(C)CC3. The Labute approximate surface area is 118 Å². The second-order valence-electron chi connectivity index (χ2n) is 5.02. The van der Waals surface area contributed by atoms with Gasteiger partial charge in [-0.15, -0.1) is 11.6 Å². The number of ether oxygens (including phenoxy) is 1. The van der Waals surface area contributed by atoms with Crippen LogP contribution in [0.5, 0.6) is 5.75 Å². The molecule has 0 bridgehead atoms. The van der Waals surface area contributed by atoms with E-state index >= 15 is 0 Å². The Bertz CT molecular complexity index is 627. The molecule has 1 aliphatic rings. The molecule has 0 saturated heterocycles. The van der Waals surface area contributed by atoms with Gasteiger partial charge in [0.25, 0.3) is 0 Å². The van der Waals surface area contributed by atoms with Crippen molar-refractivity contribution in [3.63, 3.8) is 0 Å². The average Bonchev–Trinajstić information content (AvgIpc) is 2.44. The summed E-state index contributed by atoms with van der Waals surface area (Å²) in [6, 6.07) is 6.01. The number of likely N-dealkylation sites (N-methyl/N-ethyl adjacent to an activating group) is 1. The van der Waals surface area contributed by atoms with E-state index in [-0.39, 0.29) is 0 Å². The fraction of sp³-hybridized carbons (Fsp3) is 0.400. The number of alkyl halides is 1. The molecule has 0 aliphatic carbocycles. The van der Waals surface area contributed by atoms with Gasteiger partial charge in [0.2, 0.25) is 0 Å². The summed E-state index contributed by atoms with van der Waals surface area (Å²) in [6.45, 7) is 1.99. The van der Waals surface area contributed by atoms with Crippen LogP contribution in [0.3, 0.4) is 0 Å². The number of hydrogen-bond donors (Lipinski definition) is 0. The quantitative estimate of drug-likeness (QED) is 0.789. The second kappa shape index (κ2) is 4.99. The highest BCUT2D eigenvalue weighted by Gasteiger charge is 2.20. The van der Waals surface area contributed by atoms with E-state index in [0.717, 1.165) is 36.2 Å². The number of methoxy groups -OCH3 is 1. The summed E-state index contributed by atoms with van der Waals surface area (Å²) in [5.74, 6) is 1.37. The van der Waals surface area contributed by atoms with Gasteiger partial charge in [-0.1, -0.05) is 0 Å². The highest BCUT2D eigenvalue weighted by Crippen LogP contribution is 2.31. The monoisotopic (exact) mass is 276 g/mol. The lowest BCUT2D eigenvalue weighted by atomic mass is 9.97. The van der Waals surface area contributed by atoms with Crippen LogP contribution in [-0.2, 0) is 18.8 Å². The topological polar surface area (TPSA) is 25.4 Å². The molecule has 3 rings (SSSR count). The minimum absolute atomic E-state index is 0.516. The molecule has 4 heteroatoms. The van der Waals surface area contributed by atoms with Crippen molar-refractivity contribution < 1.29 is 4.74 Å². The number of halogens is 1. The molecule has 1 aromatic carbocycles. The van der Waals surface area contributed by atoms with E-state index in [1.165, 1.54) is 16.8 Å². The molecule has 0 saturated carbocycles. The molecule has 19 heavy (non-hydrogen) atoms. The second-order valence-corrected chi connectivity index (χ2v) is 5.29. The van der Waals surface area contributed by atoms with E-state index in [2.05, 4.69) is 11.9 Å². The lowest BCUT2D eigenvalue weighted by Gasteiger charge is -2.27. The van der Waals surface area contributed by atoms with Crippen LogP contribution in [0.4, 0.5) is 0 Å². The molecule has 0 spiro atoms. The van der Waals surface area contributed by atoms with Crippen molar-refractivity contribution in [2.45, 2.75) is 18.8 Å². The van der Waals surface area contributed by atoms with Gasteiger partial charge in [-0.05, 0) is 36.4 Å². The van der Waals surface area contributed by atoms with E-state index in [4.69, 9.17) is 21.3 Å². The Morgan fingerprint density at radius 1 is 1.42 bits per heavy atom. The van der Waals surface area contributed by atoms with Gasteiger partial charge in [0.15, 0.2) is 0 Å². The van der Waals surface area contributed by atoms with E-state index in [1.54, 1.807) is 7.11 Å². The van der Waals surface area contributed by atoms with Gasteiger partial charge in [0.05, 0.1) is 12.6 Å². The van der Waals surface area contributed by atoms with Gasteiger partial charge in [-0.2, -0.15) is 0 Å². The van der Waals surface area contributed by atoms with Gasteiger partial charge >= 0.3 is 0 Å². The first-order valence-corrected chi connectivity index (χ1v) is 6.99. The molecule has 2 heterocycles. The maximum absolute atomic E-state index is 6.20. The van der Waals surface area contributed by atoms with Crippen LogP contribution >= 0.6 is 11.6 Å². The van der Waals surface area contributed by atoms with E-state index < -0.39 is 0 Å². The molecule has 100 valence electrons. The molecule has 0 radical (unpaired) electrons. The Morgan fingerprint density at radius 3 is 3.00 bits per heavy atom. The zero-order chi connectivity index (χ0) is 13.4. The van der Waals surface area contributed by atoms with Gasteiger partial charge in [0, 0.05) is 36.5 Å². The van der Waals surface area contributed by atoms with Crippen molar-refractivity contribution in [3.05, 3.63) is 35.0 Å². The third-order valence-corrected chi connectivity index (χ3v) is 4.06. The normalized spacial score (nSPS) is 15.5. The van der Waals surface area contributed by atoms with Crippen molar-refractivity contribution in [1.82, 2.24) is 9.88 Å². The highest BCUT2D eigenvalue weighted by molar-refractivity contribution is 6.18. The van der Waals surface area contributed by atoms with Gasteiger partial charge in [-0.3, -0.25) is 4.98 Å². The third kappa shape index (κ3) is 2.17. The maximum atomic E-state index is 6.20. The number of hydrogen-bond acceptors (Lipinski definition) is 3. The Balaban J connectivity index is 2.27. The molecular formula is C15H17ClN2O. The first-order valence-electron chi connectivity index (χ1n) is 6.46. The molecule has 3 nitrogen and oxygen atoms in total. The van der Waals surface area contributed by atoms with E-state index in [0.29, 0.717) is 5.88 Å². The maximum Gasteiger partial charge on any atom is 0.119 e. The summed E-state index contributed by atoms with van der Waals surface area (Å²) >= 11 is 6.20. The standard InChI is InChI=1S/C15H17ClN2O/c1-18-6-5-15-13(9-18)12(8-16)11-7-10(19-2)3-4-14(11)17-15/h3-4,7H,5-6,8-9H2,1-2H3. The van der Waals surface area contributed by atoms with Crippen LogP contribution in [0.15, 0.2) is 18.2 Å². The molecule has 1 aliphatic heterocycles. The first-order chi connectivity index (χ1) is 9.22. The van der Waals surface area contributed by atoms with Crippen LogP contribution in [0, 0.1) is 0 Å². The fourth-order valence-corrected chi connectivity index (χ4v) is 3.03. The van der Waals surface area contributed by atoms with Crippen molar-refractivity contribution in [3.8, 4) is 5.75 Å². The van der Waals surface area contributed by atoms with Crippen molar-refractivity contribution in [1.29, 1.82) is 0 Å². The molecule has 0 amide bonds. The minimum Gasteiger partial charge on any atom is -0.497 e. The van der Waals surface area contributed by atoms with Crippen LogP contribution in [0.2, 0.25) is 0 Å². The van der Waals surface area contributed by atoms with Crippen LogP contribution in [0.1, 0.15) is 16.8 Å². The summed E-state index contributed by atoms with van der Waals surface area (Å²) in [5, 5.41) is 1.11. The number of benzene rings is 1. The number of fused-ring (bicyclic) bond motifs is 2. The molecule has 2 aromatic rings. The molecular weight excluding hydrogens is 260 g/mol. The average molecular weight is 277 g/mol. The van der Waals surface area contributed by atoms with Crippen LogP contribution in [-0.4, -0.2) is 30.6 Å². The predicted octanol–water partition coefficient (Wildman–Crippen LogP) is 2.97. The number of aromatic nitrogens is 1. The van der Waals surface area contributed by atoms with Crippen molar-refractivity contribution in [2.24, 2.45) is 0 Å². The Kier molecular flexibility index (Phi) is 3.33. The van der Waals surface area contributed by atoms with Crippen molar-refractivity contribution in [2.75, 3.05) is 20.7 Å². The lowest BCUT2D eigenvalue weighted by Crippen LogP contribution is -2.28. The zero-order valence-corrected chi connectivity index (χ0v) is 12.0. The van der Waals surface area contributed by atoms with Crippen LogP contribution in [0.25, 0.3) is 10.9 Å². The molecule has 1 aromatic heterocycles. The zero-order valence-electron chi connectivity index (χ0n) is 11.2. The van der Waals surface area contributed by atoms with Crippen molar-refractivity contribution >= 4 is 22.5 Å². The van der Waals surface area contributed by atoms with Gasteiger partial charge in [0.1, 0.15) is 5.75 Å². The first kappa shape index (κ1) is 12.7. The van der Waals surface area contributed by atoms with Crippen LogP contribution < -0.4 is 4.74 Å². The highest BCUT2D eigenvalue weighted by atomic mass is 35.5. The summed E-state index contributed by atoms with van der Waals surface area (Å²) in [5.41, 5.74) is 4.71. The molecule has 0 atom stereocenters. The molecule has 0 unspecified atom stereocenters. The van der Waals surface area contributed by atoms with Gasteiger partial charge < -0.3 is 9.64 Å². The third-order valence-electron chi connectivity index (χ3n) is 3.79. The smallest absolute Gasteiger partial charge is 0.119 e. The minimum atomic E-state index is 0.516. The Hall–Kier alpha value is -1.32. The summed E-state index contributed by atoms with van der Waals surface area (Å²) in [7, 11) is 3.82. The summed E-state index contributed by atoms with van der Waals surface area (Å²) < 4.78 is 5.31. The molecule has 0 fully saturated rings.